The van der Waals surface area contributed by atoms with Crippen LogP contribution < -0.4 is 14.8 Å². The van der Waals surface area contributed by atoms with Crippen LogP contribution in [-0.2, 0) is 10.3 Å². The first kappa shape index (κ1) is 19.3. The Bertz CT molecular complexity index is 900. The highest BCUT2D eigenvalue weighted by molar-refractivity contribution is 6.07. The lowest BCUT2D eigenvalue weighted by molar-refractivity contribution is -0.131. The van der Waals surface area contributed by atoms with Gasteiger partial charge in [0.2, 0.25) is 0 Å². The van der Waals surface area contributed by atoms with Gasteiger partial charge in [-0.1, -0.05) is 12.1 Å². The van der Waals surface area contributed by atoms with E-state index < -0.39 is 24.1 Å². The topological polar surface area (TPSA) is 80.2 Å². The molecule has 28 heavy (non-hydrogen) atoms. The van der Waals surface area contributed by atoms with Crippen LogP contribution >= 0.6 is 0 Å². The van der Waals surface area contributed by atoms with Crippen LogP contribution in [0, 0.1) is 0 Å². The summed E-state index contributed by atoms with van der Waals surface area (Å²) in [5.41, 5.74) is -0.296. The third kappa shape index (κ3) is 3.78. The van der Waals surface area contributed by atoms with E-state index in [4.69, 9.17) is 4.74 Å². The normalized spacial score (nSPS) is 19.4. The SMILES string of the molecule is COc1ccc(C=NN2C(=O)N[C@@](C)(c3ccc(OC(F)F)cc3)C2=O)cc1. The zero-order valence-corrected chi connectivity index (χ0v) is 15.1. The Morgan fingerprint density at radius 2 is 1.68 bits per heavy atom. The molecule has 1 fully saturated rings. The van der Waals surface area contributed by atoms with Crippen LogP contribution in [0.3, 0.4) is 0 Å². The lowest BCUT2D eigenvalue weighted by Gasteiger charge is -2.21. The number of ether oxygens (including phenoxy) is 2. The lowest BCUT2D eigenvalue weighted by Crippen LogP contribution is -2.40. The second-order valence-corrected chi connectivity index (χ2v) is 6.09. The fourth-order valence-corrected chi connectivity index (χ4v) is 2.71. The van der Waals surface area contributed by atoms with E-state index in [1.165, 1.54) is 37.4 Å². The predicted molar refractivity (Wildman–Crippen MR) is 96.4 cm³/mol. The van der Waals surface area contributed by atoms with Crippen molar-refractivity contribution in [3.8, 4) is 11.5 Å². The van der Waals surface area contributed by atoms with Crippen molar-refractivity contribution in [2.75, 3.05) is 7.11 Å². The van der Waals surface area contributed by atoms with Gasteiger partial charge in [-0.2, -0.15) is 13.9 Å². The Morgan fingerprint density at radius 1 is 1.07 bits per heavy atom. The van der Waals surface area contributed by atoms with E-state index in [1.807, 2.05) is 0 Å². The highest BCUT2D eigenvalue weighted by atomic mass is 19.3. The van der Waals surface area contributed by atoms with Crippen LogP contribution in [0.15, 0.2) is 53.6 Å². The van der Waals surface area contributed by atoms with Crippen LogP contribution in [0.1, 0.15) is 18.1 Å². The van der Waals surface area contributed by atoms with Gasteiger partial charge in [-0.05, 0) is 54.4 Å². The zero-order chi connectivity index (χ0) is 20.3. The first-order chi connectivity index (χ1) is 13.3. The number of alkyl halides is 2. The first-order valence-electron chi connectivity index (χ1n) is 8.23. The molecule has 0 aromatic heterocycles. The minimum Gasteiger partial charge on any atom is -0.497 e. The summed E-state index contributed by atoms with van der Waals surface area (Å²) < 4.78 is 33.9. The summed E-state index contributed by atoms with van der Waals surface area (Å²) in [5.74, 6) is 0.0253. The van der Waals surface area contributed by atoms with Gasteiger partial charge in [0.25, 0.3) is 5.91 Å². The summed E-state index contributed by atoms with van der Waals surface area (Å²) in [7, 11) is 1.54. The molecule has 0 aliphatic carbocycles. The number of hydrogen-bond acceptors (Lipinski definition) is 5. The number of hydrazone groups is 1. The van der Waals surface area contributed by atoms with E-state index in [0.717, 1.165) is 5.01 Å². The van der Waals surface area contributed by atoms with E-state index in [-0.39, 0.29) is 5.75 Å². The number of nitrogens with one attached hydrogen (secondary N) is 1. The summed E-state index contributed by atoms with van der Waals surface area (Å²) in [4.78, 5) is 25.0. The number of carbonyl (C=O) groups is 2. The Balaban J connectivity index is 1.78. The fourth-order valence-electron chi connectivity index (χ4n) is 2.71. The zero-order valence-electron chi connectivity index (χ0n) is 15.1. The van der Waals surface area contributed by atoms with Crippen LogP contribution in [0.25, 0.3) is 0 Å². The summed E-state index contributed by atoms with van der Waals surface area (Å²) in [6.45, 7) is -1.43. The molecule has 2 aromatic carbocycles. The molecular weight excluding hydrogens is 372 g/mol. The van der Waals surface area contributed by atoms with Crippen molar-refractivity contribution < 1.29 is 27.8 Å². The Labute approximate surface area is 159 Å². The average Bonchev–Trinajstić information content (AvgIpc) is 2.90. The van der Waals surface area contributed by atoms with E-state index in [2.05, 4.69) is 15.2 Å². The van der Waals surface area contributed by atoms with E-state index in [0.29, 0.717) is 16.9 Å². The third-order valence-corrected chi connectivity index (χ3v) is 4.26. The number of halogens is 2. The molecule has 3 amide bonds. The minimum absolute atomic E-state index is 0.0477. The molecule has 0 spiro atoms. The molecule has 2 aromatic rings. The van der Waals surface area contributed by atoms with Crippen molar-refractivity contribution in [2.45, 2.75) is 19.1 Å². The molecule has 0 saturated carbocycles. The number of imide groups is 1. The van der Waals surface area contributed by atoms with Gasteiger partial charge in [-0.15, -0.1) is 5.01 Å². The largest absolute Gasteiger partial charge is 0.497 e. The predicted octanol–water partition coefficient (Wildman–Crippen LogP) is 3.10. The van der Waals surface area contributed by atoms with Crippen LogP contribution in [0.5, 0.6) is 11.5 Å². The van der Waals surface area contributed by atoms with E-state index in [1.54, 1.807) is 31.4 Å². The number of carbonyl (C=O) groups excluding carboxylic acids is 2. The molecule has 1 N–H and O–H groups in total. The lowest BCUT2D eigenvalue weighted by atomic mass is 9.92. The number of urea groups is 1. The van der Waals surface area contributed by atoms with Gasteiger partial charge in [-0.25, -0.2) is 4.79 Å². The standard InChI is InChI=1S/C19H17F2N3O4/c1-19(13-5-9-15(10-6-13)28-17(20)21)16(25)24(18(26)23-19)22-11-12-3-7-14(27-2)8-4-12/h3-11,17H,1-2H3,(H,23,26)/t19-/m0/s1. The van der Waals surface area contributed by atoms with E-state index >= 15 is 0 Å². The molecule has 1 heterocycles. The number of hydrogen-bond donors (Lipinski definition) is 1. The Hall–Kier alpha value is -3.49. The molecule has 146 valence electrons. The maximum Gasteiger partial charge on any atom is 0.387 e. The second kappa shape index (κ2) is 7.63. The van der Waals surface area contributed by atoms with Crippen LogP contribution in [0.4, 0.5) is 13.6 Å². The van der Waals surface area contributed by atoms with Crippen LogP contribution in [0.2, 0.25) is 0 Å². The summed E-state index contributed by atoms with van der Waals surface area (Å²) in [6, 6.07) is 11.7. The molecule has 7 nitrogen and oxygen atoms in total. The van der Waals surface area contributed by atoms with Crippen molar-refractivity contribution in [3.05, 3.63) is 59.7 Å². The van der Waals surface area contributed by atoms with Crippen molar-refractivity contribution in [1.82, 2.24) is 10.3 Å². The van der Waals surface area contributed by atoms with Gasteiger partial charge < -0.3 is 14.8 Å². The van der Waals surface area contributed by atoms with E-state index in [9.17, 15) is 18.4 Å². The molecule has 1 aliphatic heterocycles. The van der Waals surface area contributed by atoms with Crippen molar-refractivity contribution in [1.29, 1.82) is 0 Å². The van der Waals surface area contributed by atoms with Gasteiger partial charge in [0.1, 0.15) is 17.0 Å². The molecular formula is C19H17F2N3O4. The minimum atomic E-state index is -2.95. The highest BCUT2D eigenvalue weighted by Gasteiger charge is 2.49. The molecule has 0 unspecified atom stereocenters. The number of nitrogens with zero attached hydrogens (tertiary/aromatic N) is 2. The highest BCUT2D eigenvalue weighted by Crippen LogP contribution is 2.30. The van der Waals surface area contributed by atoms with Gasteiger partial charge in [-0.3, -0.25) is 4.79 Å². The second-order valence-electron chi connectivity index (χ2n) is 6.09. The number of methoxy groups -OCH3 is 1. The summed E-state index contributed by atoms with van der Waals surface area (Å²) in [6.07, 6.45) is 1.38. The number of benzene rings is 2. The smallest absolute Gasteiger partial charge is 0.387 e. The molecule has 9 heteroatoms. The molecule has 1 aliphatic rings. The fraction of sp³-hybridized carbons (Fsp3) is 0.211. The summed E-state index contributed by atoms with van der Waals surface area (Å²) >= 11 is 0. The quantitative estimate of drug-likeness (QED) is 0.608. The molecule has 1 atom stereocenters. The molecule has 1 saturated heterocycles. The van der Waals surface area contributed by atoms with Crippen molar-refractivity contribution >= 4 is 18.2 Å². The number of rotatable bonds is 6. The maximum atomic E-state index is 12.8. The first-order valence-corrected chi connectivity index (χ1v) is 8.23. The monoisotopic (exact) mass is 389 g/mol. The van der Waals surface area contributed by atoms with Crippen molar-refractivity contribution in [3.63, 3.8) is 0 Å². The third-order valence-electron chi connectivity index (χ3n) is 4.26. The Morgan fingerprint density at radius 3 is 2.25 bits per heavy atom. The van der Waals surface area contributed by atoms with Gasteiger partial charge in [0.05, 0.1) is 13.3 Å². The van der Waals surface area contributed by atoms with Gasteiger partial charge in [0.15, 0.2) is 0 Å². The molecule has 0 bridgehead atoms. The van der Waals surface area contributed by atoms with Crippen LogP contribution in [-0.4, -0.2) is 36.9 Å². The van der Waals surface area contributed by atoms with Gasteiger partial charge in [0, 0.05) is 0 Å². The molecule has 3 rings (SSSR count). The summed E-state index contributed by atoms with van der Waals surface area (Å²) in [5, 5.41) is 7.28. The van der Waals surface area contributed by atoms with Crippen molar-refractivity contribution in [2.24, 2.45) is 5.10 Å². The number of amides is 3. The Kier molecular flexibility index (Phi) is 5.25. The molecule has 0 radical (unpaired) electrons. The maximum absolute atomic E-state index is 12.8. The van der Waals surface area contributed by atoms with Gasteiger partial charge >= 0.3 is 12.6 Å². The average molecular weight is 389 g/mol.